The number of carbonyl (C=O) groups excluding carboxylic acids is 2. The summed E-state index contributed by atoms with van der Waals surface area (Å²) in [5, 5.41) is 0. The van der Waals surface area contributed by atoms with E-state index >= 15 is 0 Å². The van der Waals surface area contributed by atoms with Crippen LogP contribution >= 0.6 is 0 Å². The topological polar surface area (TPSA) is 43.4 Å². The highest BCUT2D eigenvalue weighted by Gasteiger charge is 2.21. The molecule has 0 saturated heterocycles. The molecular weight excluding hydrogens is 288 g/mol. The van der Waals surface area contributed by atoms with Crippen LogP contribution in [0.15, 0.2) is 42.0 Å². The minimum absolute atomic E-state index is 0.132. The highest BCUT2D eigenvalue weighted by Crippen LogP contribution is 2.25. The zero-order chi connectivity index (χ0) is 16.5. The van der Waals surface area contributed by atoms with Crippen LogP contribution < -0.4 is 0 Å². The second-order valence-corrected chi connectivity index (χ2v) is 6.01. The largest absolute Gasteiger partial charge is 0.466 e. The van der Waals surface area contributed by atoms with Crippen molar-refractivity contribution in [2.45, 2.75) is 57.8 Å². The Morgan fingerprint density at radius 3 is 2.61 bits per heavy atom. The summed E-state index contributed by atoms with van der Waals surface area (Å²) in [6.07, 6.45) is 8.38. The zero-order valence-corrected chi connectivity index (χ0v) is 13.9. The van der Waals surface area contributed by atoms with E-state index in [-0.39, 0.29) is 11.9 Å². The van der Waals surface area contributed by atoms with Crippen molar-refractivity contribution in [2.24, 2.45) is 0 Å². The van der Waals surface area contributed by atoms with Crippen molar-refractivity contribution in [1.29, 1.82) is 0 Å². The molecule has 0 aliphatic heterocycles. The quantitative estimate of drug-likeness (QED) is 0.495. The Hall–Kier alpha value is -1.90. The number of ether oxygens (including phenoxy) is 1. The van der Waals surface area contributed by atoms with Crippen LogP contribution in [0.5, 0.6) is 0 Å². The molecule has 23 heavy (non-hydrogen) atoms. The van der Waals surface area contributed by atoms with Gasteiger partial charge in [0.15, 0.2) is 5.78 Å². The third kappa shape index (κ3) is 5.34. The molecule has 0 saturated carbocycles. The van der Waals surface area contributed by atoms with Gasteiger partial charge in [-0.2, -0.15) is 0 Å². The Balaban J connectivity index is 1.79. The Morgan fingerprint density at radius 2 is 1.96 bits per heavy atom. The fourth-order valence-electron chi connectivity index (χ4n) is 3.08. The summed E-state index contributed by atoms with van der Waals surface area (Å²) in [4.78, 5) is 23.7. The first-order chi connectivity index (χ1) is 11.2. The number of hydrogen-bond donors (Lipinski definition) is 0. The van der Waals surface area contributed by atoms with Gasteiger partial charge in [-0.15, -0.1) is 0 Å². The predicted molar refractivity (Wildman–Crippen MR) is 91.2 cm³/mol. The van der Waals surface area contributed by atoms with Crippen LogP contribution in [-0.4, -0.2) is 18.4 Å². The fraction of sp³-hybridized carbons (Fsp3) is 0.500. The van der Waals surface area contributed by atoms with E-state index in [0.717, 1.165) is 49.7 Å². The van der Waals surface area contributed by atoms with Crippen molar-refractivity contribution >= 4 is 11.8 Å². The lowest BCUT2D eigenvalue weighted by molar-refractivity contribution is -0.145. The summed E-state index contributed by atoms with van der Waals surface area (Å²) in [5.41, 5.74) is 2.04. The number of esters is 1. The average Bonchev–Trinajstić information content (AvgIpc) is 2.97. The molecule has 0 N–H and O–H groups in total. The fourth-order valence-corrected chi connectivity index (χ4v) is 3.08. The number of ketones is 1. The van der Waals surface area contributed by atoms with E-state index in [9.17, 15) is 9.59 Å². The van der Waals surface area contributed by atoms with Crippen molar-refractivity contribution in [1.82, 2.24) is 0 Å². The van der Waals surface area contributed by atoms with Gasteiger partial charge in [0, 0.05) is 6.42 Å². The van der Waals surface area contributed by atoms with E-state index in [1.54, 1.807) is 0 Å². The smallest absolute Gasteiger partial charge is 0.313 e. The maximum Gasteiger partial charge on any atom is 0.313 e. The van der Waals surface area contributed by atoms with Crippen LogP contribution in [0.4, 0.5) is 0 Å². The van der Waals surface area contributed by atoms with Gasteiger partial charge >= 0.3 is 5.97 Å². The monoisotopic (exact) mass is 314 g/mol. The van der Waals surface area contributed by atoms with Crippen LogP contribution in [0, 0.1) is 0 Å². The molecule has 1 aromatic rings. The summed E-state index contributed by atoms with van der Waals surface area (Å²) in [6.45, 7) is 2.25. The van der Waals surface area contributed by atoms with Gasteiger partial charge in [-0.25, -0.2) is 0 Å². The van der Waals surface area contributed by atoms with Crippen molar-refractivity contribution in [3.63, 3.8) is 0 Å². The molecule has 124 valence electrons. The maximum atomic E-state index is 12.2. The third-order valence-corrected chi connectivity index (χ3v) is 4.33. The van der Waals surface area contributed by atoms with Gasteiger partial charge in [-0.1, -0.05) is 49.2 Å². The third-order valence-electron chi connectivity index (χ3n) is 4.33. The second-order valence-electron chi connectivity index (χ2n) is 6.01. The van der Waals surface area contributed by atoms with Gasteiger partial charge in [0.25, 0.3) is 0 Å². The summed E-state index contributed by atoms with van der Waals surface area (Å²) < 4.78 is 5.22. The Kier molecular flexibility index (Phi) is 7.05. The van der Waals surface area contributed by atoms with E-state index in [1.807, 2.05) is 37.3 Å². The number of unbranched alkanes of at least 4 members (excludes halogenated alkanes) is 2. The minimum atomic E-state index is -0.177. The van der Waals surface area contributed by atoms with Crippen LogP contribution in [0.25, 0.3) is 0 Å². The van der Waals surface area contributed by atoms with E-state index in [4.69, 9.17) is 4.74 Å². The Labute approximate surface area is 138 Å². The molecule has 1 aliphatic carbocycles. The summed E-state index contributed by atoms with van der Waals surface area (Å²) >= 11 is 0. The molecule has 1 atom stereocenters. The first-order valence-electron chi connectivity index (χ1n) is 8.66. The van der Waals surface area contributed by atoms with Crippen molar-refractivity contribution in [3.05, 3.63) is 47.5 Å². The SMILES string of the molecule is CCOC(=O)C(CCCCCC1=CCCC1=O)c1ccccc1. The molecular formula is C20H26O3. The number of hydrogen-bond acceptors (Lipinski definition) is 3. The Morgan fingerprint density at radius 1 is 1.17 bits per heavy atom. The maximum absolute atomic E-state index is 12.2. The normalized spacial score (nSPS) is 15.3. The number of Topliss-reactive ketones (excluding diaryl/α,β-unsaturated/α-hetero) is 1. The van der Waals surface area contributed by atoms with Gasteiger partial charge in [0.2, 0.25) is 0 Å². The molecule has 0 bridgehead atoms. The molecule has 3 heteroatoms. The van der Waals surface area contributed by atoms with E-state index < -0.39 is 0 Å². The highest BCUT2D eigenvalue weighted by molar-refractivity contribution is 5.97. The summed E-state index contributed by atoms with van der Waals surface area (Å²) in [6, 6.07) is 9.85. The van der Waals surface area contributed by atoms with Gasteiger partial charge in [0.05, 0.1) is 12.5 Å². The standard InChI is InChI=1S/C20H26O3/c1-2-23-20(22)18(16-10-5-3-6-11-16)14-8-4-7-12-17-13-9-15-19(17)21/h3,5-6,10-11,13,18H,2,4,7-9,12,14-15H2,1H3. The number of benzene rings is 1. The molecule has 0 fully saturated rings. The van der Waals surface area contributed by atoms with Crippen molar-refractivity contribution in [2.75, 3.05) is 6.61 Å². The van der Waals surface area contributed by atoms with Crippen LogP contribution in [-0.2, 0) is 14.3 Å². The molecule has 1 aromatic carbocycles. The van der Waals surface area contributed by atoms with E-state index in [1.165, 1.54) is 0 Å². The van der Waals surface area contributed by atoms with E-state index in [2.05, 4.69) is 6.08 Å². The first kappa shape index (κ1) is 17.5. The molecule has 2 rings (SSSR count). The molecule has 1 aliphatic rings. The van der Waals surface area contributed by atoms with Crippen molar-refractivity contribution < 1.29 is 14.3 Å². The van der Waals surface area contributed by atoms with E-state index in [0.29, 0.717) is 18.8 Å². The van der Waals surface area contributed by atoms with Crippen LogP contribution in [0.3, 0.4) is 0 Å². The summed E-state index contributed by atoms with van der Waals surface area (Å²) in [7, 11) is 0. The first-order valence-corrected chi connectivity index (χ1v) is 8.66. The van der Waals surface area contributed by atoms with Crippen LogP contribution in [0.2, 0.25) is 0 Å². The molecule has 1 unspecified atom stereocenters. The molecule has 0 aromatic heterocycles. The number of allylic oxidation sites excluding steroid dienone is 2. The minimum Gasteiger partial charge on any atom is -0.466 e. The number of rotatable bonds is 9. The van der Waals surface area contributed by atoms with Crippen LogP contribution in [0.1, 0.15) is 63.4 Å². The van der Waals surface area contributed by atoms with Gasteiger partial charge in [0.1, 0.15) is 0 Å². The number of carbonyl (C=O) groups is 2. The van der Waals surface area contributed by atoms with Crippen molar-refractivity contribution in [3.8, 4) is 0 Å². The lowest BCUT2D eigenvalue weighted by atomic mass is 9.92. The highest BCUT2D eigenvalue weighted by atomic mass is 16.5. The average molecular weight is 314 g/mol. The van der Waals surface area contributed by atoms with Gasteiger partial charge < -0.3 is 4.74 Å². The molecule has 0 heterocycles. The van der Waals surface area contributed by atoms with Gasteiger partial charge in [-0.3, -0.25) is 9.59 Å². The molecule has 0 amide bonds. The summed E-state index contributed by atoms with van der Waals surface area (Å²) in [5.74, 6) is 0.00884. The molecule has 0 spiro atoms. The Bertz CT molecular complexity index is 545. The zero-order valence-electron chi connectivity index (χ0n) is 13.9. The second kappa shape index (κ2) is 9.29. The molecule has 0 radical (unpaired) electrons. The van der Waals surface area contributed by atoms with Gasteiger partial charge in [-0.05, 0) is 43.7 Å². The molecule has 3 nitrogen and oxygen atoms in total. The lowest BCUT2D eigenvalue weighted by Crippen LogP contribution is -2.16. The predicted octanol–water partition coefficient (Wildman–Crippen LogP) is 4.57. The lowest BCUT2D eigenvalue weighted by Gasteiger charge is -2.16.